The highest BCUT2D eigenvalue weighted by atomic mass is 19.4. The Bertz CT molecular complexity index is 1160. The van der Waals surface area contributed by atoms with E-state index >= 15 is 4.39 Å². The summed E-state index contributed by atoms with van der Waals surface area (Å²) in [4.78, 5) is 0. The zero-order chi connectivity index (χ0) is 22.7. The molecule has 0 bridgehead atoms. The second-order valence-electron chi connectivity index (χ2n) is 7.08. The first-order valence-electron chi connectivity index (χ1n) is 9.90. The Kier molecular flexibility index (Phi) is 6.04. The van der Waals surface area contributed by atoms with Gasteiger partial charge in [-0.1, -0.05) is 48.5 Å². The molecule has 0 heterocycles. The maximum Gasteiger partial charge on any atom is 0.413 e. The van der Waals surface area contributed by atoms with E-state index in [4.69, 9.17) is 9.47 Å². The van der Waals surface area contributed by atoms with Crippen LogP contribution in [0.15, 0.2) is 90.2 Å². The van der Waals surface area contributed by atoms with Gasteiger partial charge in [0.15, 0.2) is 0 Å². The summed E-state index contributed by atoms with van der Waals surface area (Å²) in [6, 6.07) is 19.8. The Morgan fingerprint density at radius 1 is 0.844 bits per heavy atom. The fourth-order valence-corrected chi connectivity index (χ4v) is 3.66. The van der Waals surface area contributed by atoms with Gasteiger partial charge >= 0.3 is 6.18 Å². The first-order chi connectivity index (χ1) is 15.4. The number of rotatable bonds is 5. The monoisotopic (exact) mass is 439 g/mol. The van der Waals surface area contributed by atoms with Crippen LogP contribution in [0, 0.1) is 12.2 Å². The van der Waals surface area contributed by atoms with Crippen LogP contribution in [0.4, 0.5) is 17.6 Å². The van der Waals surface area contributed by atoms with E-state index in [9.17, 15) is 13.2 Å². The molecule has 1 radical (unpaired) electrons. The molecular formula is C26H19F4O2. The molecule has 0 fully saturated rings. The van der Waals surface area contributed by atoms with Gasteiger partial charge in [-0.05, 0) is 42.3 Å². The number of methoxy groups -OCH3 is 1. The van der Waals surface area contributed by atoms with Gasteiger partial charge in [-0.25, -0.2) is 4.39 Å². The van der Waals surface area contributed by atoms with Crippen molar-refractivity contribution in [2.45, 2.75) is 12.6 Å². The number of alkyl halides is 3. The smallest absolute Gasteiger partial charge is 0.413 e. The first kappa shape index (κ1) is 21.7. The van der Waals surface area contributed by atoms with Gasteiger partial charge in [0.1, 0.15) is 23.1 Å². The predicted octanol–water partition coefficient (Wildman–Crippen LogP) is 7.39. The lowest BCUT2D eigenvalue weighted by molar-refractivity contribution is -0.0896. The standard InChI is InChI=1S/C26H19F4O2/c1-31-21-16-15-19(25(27)23(21)17-9-4-2-5-10-17)24-20(26(28,29)30)13-8-14-22(24)32-18-11-6-3-7-12-18/h2-7,9-16H,8H2,1H3. The van der Waals surface area contributed by atoms with Gasteiger partial charge in [-0.3, -0.25) is 0 Å². The van der Waals surface area contributed by atoms with E-state index in [2.05, 4.69) is 0 Å². The molecule has 0 spiro atoms. The number of allylic oxidation sites excluding steroid dienone is 3. The molecule has 0 N–H and O–H groups in total. The van der Waals surface area contributed by atoms with Crippen LogP contribution >= 0.6 is 0 Å². The lowest BCUT2D eigenvalue weighted by Gasteiger charge is -2.25. The van der Waals surface area contributed by atoms with E-state index in [0.717, 1.165) is 6.42 Å². The van der Waals surface area contributed by atoms with Crippen molar-refractivity contribution in [2.24, 2.45) is 0 Å². The van der Waals surface area contributed by atoms with E-state index in [0.29, 0.717) is 11.3 Å². The normalized spacial score (nSPS) is 14.2. The zero-order valence-corrected chi connectivity index (χ0v) is 17.1. The third-order valence-electron chi connectivity index (χ3n) is 5.07. The molecule has 2 nitrogen and oxygen atoms in total. The summed E-state index contributed by atoms with van der Waals surface area (Å²) >= 11 is 0. The minimum atomic E-state index is -4.69. The van der Waals surface area contributed by atoms with E-state index in [1.54, 1.807) is 60.7 Å². The summed E-state index contributed by atoms with van der Waals surface area (Å²) in [6.45, 7) is 0. The minimum absolute atomic E-state index is 0.0177. The molecule has 1 aliphatic carbocycles. The van der Waals surface area contributed by atoms with Gasteiger partial charge < -0.3 is 9.47 Å². The highest BCUT2D eigenvalue weighted by Gasteiger charge is 2.40. The van der Waals surface area contributed by atoms with Crippen LogP contribution < -0.4 is 9.47 Å². The van der Waals surface area contributed by atoms with Crippen LogP contribution in [0.1, 0.15) is 12.0 Å². The molecule has 0 aromatic heterocycles. The van der Waals surface area contributed by atoms with Crippen LogP contribution in [0.2, 0.25) is 0 Å². The molecule has 1 aliphatic rings. The van der Waals surface area contributed by atoms with E-state index in [-0.39, 0.29) is 34.6 Å². The van der Waals surface area contributed by atoms with Gasteiger partial charge in [0.25, 0.3) is 0 Å². The van der Waals surface area contributed by atoms with Crippen molar-refractivity contribution in [3.63, 3.8) is 0 Å². The molecule has 6 heteroatoms. The molecule has 0 aliphatic heterocycles. The molecule has 3 aromatic carbocycles. The van der Waals surface area contributed by atoms with Gasteiger partial charge in [0.05, 0.1) is 12.7 Å². The molecule has 3 aromatic rings. The average Bonchev–Trinajstić information content (AvgIpc) is 2.79. The maximum atomic E-state index is 15.9. The first-order valence-corrected chi connectivity index (χ1v) is 9.90. The SMILES string of the molecule is COc1ccc(C2=C(C(F)(F)F)[CH]CC=C2Oc2ccccc2)c(F)c1-c1ccccc1. The van der Waals surface area contributed by atoms with E-state index < -0.39 is 17.6 Å². The van der Waals surface area contributed by atoms with Crippen LogP contribution in [0.5, 0.6) is 11.5 Å². The molecular weight excluding hydrogens is 420 g/mol. The number of benzene rings is 3. The second kappa shape index (κ2) is 8.91. The quantitative estimate of drug-likeness (QED) is 0.386. The van der Waals surface area contributed by atoms with E-state index in [1.807, 2.05) is 0 Å². The van der Waals surface area contributed by atoms with Crippen molar-refractivity contribution < 1.29 is 27.0 Å². The minimum Gasteiger partial charge on any atom is -0.496 e. The van der Waals surface area contributed by atoms with Gasteiger partial charge in [0, 0.05) is 23.1 Å². The molecule has 4 rings (SSSR count). The number of hydrogen-bond donors (Lipinski definition) is 0. The fourth-order valence-electron chi connectivity index (χ4n) is 3.66. The summed E-state index contributed by atoms with van der Waals surface area (Å²) < 4.78 is 68.9. The fraction of sp³-hybridized carbons (Fsp3) is 0.115. The summed E-state index contributed by atoms with van der Waals surface area (Å²) in [5.41, 5.74) is -0.912. The topological polar surface area (TPSA) is 18.5 Å². The van der Waals surface area contributed by atoms with Crippen LogP contribution in [0.3, 0.4) is 0 Å². The van der Waals surface area contributed by atoms with Crippen molar-refractivity contribution in [3.8, 4) is 22.6 Å². The van der Waals surface area contributed by atoms with Crippen LogP contribution in [0.25, 0.3) is 16.7 Å². The largest absolute Gasteiger partial charge is 0.496 e. The van der Waals surface area contributed by atoms with Crippen molar-refractivity contribution in [2.75, 3.05) is 7.11 Å². The second-order valence-corrected chi connectivity index (χ2v) is 7.08. The van der Waals surface area contributed by atoms with Crippen molar-refractivity contribution >= 4 is 5.57 Å². The third kappa shape index (κ3) is 4.26. The molecule has 163 valence electrons. The molecule has 32 heavy (non-hydrogen) atoms. The third-order valence-corrected chi connectivity index (χ3v) is 5.07. The summed E-state index contributed by atoms with van der Waals surface area (Å²) in [5.74, 6) is -0.281. The highest BCUT2D eigenvalue weighted by molar-refractivity contribution is 5.87. The van der Waals surface area contributed by atoms with Gasteiger partial charge in [-0.2, -0.15) is 13.2 Å². The van der Waals surface area contributed by atoms with E-state index in [1.165, 1.54) is 25.3 Å². The van der Waals surface area contributed by atoms with Crippen LogP contribution in [-0.4, -0.2) is 13.3 Å². The van der Waals surface area contributed by atoms with Crippen molar-refractivity contribution in [1.82, 2.24) is 0 Å². The number of hydrogen-bond acceptors (Lipinski definition) is 2. The molecule has 0 amide bonds. The van der Waals surface area contributed by atoms with Gasteiger partial charge in [-0.15, -0.1) is 0 Å². The zero-order valence-electron chi connectivity index (χ0n) is 17.1. The van der Waals surface area contributed by atoms with Crippen molar-refractivity contribution in [3.05, 3.63) is 108 Å². The lowest BCUT2D eigenvalue weighted by Crippen LogP contribution is -2.19. The lowest BCUT2D eigenvalue weighted by atomic mass is 9.88. The number of ether oxygens (including phenoxy) is 2. The molecule has 0 saturated carbocycles. The Labute approximate surface area is 183 Å². The maximum absolute atomic E-state index is 15.9. The van der Waals surface area contributed by atoms with Crippen LogP contribution in [-0.2, 0) is 0 Å². The highest BCUT2D eigenvalue weighted by Crippen LogP contribution is 2.45. The predicted molar refractivity (Wildman–Crippen MR) is 115 cm³/mol. The Morgan fingerprint density at radius 2 is 1.50 bits per heavy atom. The molecule has 0 atom stereocenters. The van der Waals surface area contributed by atoms with Gasteiger partial charge in [0.2, 0.25) is 0 Å². The van der Waals surface area contributed by atoms with Crippen molar-refractivity contribution in [1.29, 1.82) is 0 Å². The Morgan fingerprint density at radius 3 is 2.12 bits per heavy atom. The molecule has 0 unspecified atom stereocenters. The Balaban J connectivity index is 1.93. The molecule has 0 saturated heterocycles. The average molecular weight is 439 g/mol. The Hall–Kier alpha value is -3.54. The summed E-state index contributed by atoms with van der Waals surface area (Å²) in [7, 11) is 1.39. The number of para-hydroxylation sites is 1. The summed E-state index contributed by atoms with van der Waals surface area (Å²) in [5, 5.41) is 0. The number of halogens is 4. The summed E-state index contributed by atoms with van der Waals surface area (Å²) in [6.07, 6.45) is -2.11.